The Morgan fingerprint density at radius 1 is 0.413 bits per heavy atom. The molecule has 2 aliphatic heterocycles. The van der Waals surface area contributed by atoms with Crippen LogP contribution < -0.4 is 20.6 Å². The largest absolute Gasteiger partial charge is 0.376 e. The van der Waals surface area contributed by atoms with E-state index in [1.165, 1.54) is 112 Å². The standard InChI is InChI=1S/C60H61BN2/c1-56(2,3)36-22-27-39(28-23-36)62-51-31-26-38(58(7,8)9)32-50(51)61-54-46(34-45-42-19-15-17-21-48(42)60(12,13)53(45)55(54)62)44-33-43-41-18-14-16-20-47(41)59(10,11)49(43)35-52(44)63(61)40-29-24-37(25-30-40)57(4,5)6/h14-35H,1-13H3. The minimum atomic E-state index is -0.242. The molecule has 314 valence electrons. The van der Waals surface area contributed by atoms with Gasteiger partial charge in [-0.05, 0) is 142 Å². The number of rotatable bonds is 2. The van der Waals surface area contributed by atoms with Gasteiger partial charge in [-0.1, -0.05) is 175 Å². The molecule has 0 saturated heterocycles. The molecule has 0 spiro atoms. The maximum Gasteiger partial charge on any atom is 0.333 e. The van der Waals surface area contributed by atoms with Gasteiger partial charge in [0.25, 0.3) is 0 Å². The molecule has 0 amide bonds. The fourth-order valence-electron chi connectivity index (χ4n) is 11.7. The van der Waals surface area contributed by atoms with Crippen molar-refractivity contribution in [1.82, 2.24) is 0 Å². The normalized spacial score (nSPS) is 16.2. The Balaban J connectivity index is 1.32. The van der Waals surface area contributed by atoms with E-state index in [1.807, 2.05) is 0 Å². The van der Waals surface area contributed by atoms with Crippen molar-refractivity contribution in [1.29, 1.82) is 0 Å². The van der Waals surface area contributed by atoms with Crippen molar-refractivity contribution in [2.75, 3.05) is 9.71 Å². The minimum absolute atomic E-state index is 0.0396. The van der Waals surface area contributed by atoms with Crippen LogP contribution in [0.1, 0.15) is 129 Å². The first-order valence-corrected chi connectivity index (χ1v) is 23.2. The Bertz CT molecular complexity index is 3050. The van der Waals surface area contributed by atoms with Crippen LogP contribution in [0.3, 0.4) is 0 Å². The van der Waals surface area contributed by atoms with Crippen molar-refractivity contribution in [3.05, 3.63) is 172 Å². The summed E-state index contributed by atoms with van der Waals surface area (Å²) >= 11 is 0. The Hall–Kier alpha value is -5.80. The zero-order chi connectivity index (χ0) is 44.3. The molecule has 0 N–H and O–H groups in total. The van der Waals surface area contributed by atoms with Gasteiger partial charge in [0.05, 0.1) is 0 Å². The van der Waals surface area contributed by atoms with Crippen molar-refractivity contribution in [2.45, 2.75) is 117 Å². The summed E-state index contributed by atoms with van der Waals surface area (Å²) in [5, 5.41) is 0. The van der Waals surface area contributed by atoms with Crippen LogP contribution in [-0.2, 0) is 27.1 Å². The van der Waals surface area contributed by atoms with E-state index < -0.39 is 0 Å². The van der Waals surface area contributed by atoms with Gasteiger partial charge in [0, 0.05) is 44.8 Å². The summed E-state index contributed by atoms with van der Waals surface area (Å²) < 4.78 is 0. The van der Waals surface area contributed by atoms with E-state index in [2.05, 4.69) is 233 Å². The van der Waals surface area contributed by atoms with Gasteiger partial charge in [0.2, 0.25) is 0 Å². The summed E-state index contributed by atoms with van der Waals surface area (Å²) in [6.45, 7) is 30.6. The maximum absolute atomic E-state index is 2.74. The topological polar surface area (TPSA) is 6.48 Å². The smallest absolute Gasteiger partial charge is 0.333 e. The second kappa shape index (κ2) is 12.9. The van der Waals surface area contributed by atoms with E-state index in [1.54, 1.807) is 0 Å². The van der Waals surface area contributed by atoms with E-state index in [-0.39, 0.29) is 33.9 Å². The number of fused-ring (bicyclic) bond motifs is 11. The molecule has 2 aliphatic carbocycles. The zero-order valence-electron chi connectivity index (χ0n) is 39.7. The van der Waals surface area contributed by atoms with Crippen molar-refractivity contribution in [3.8, 4) is 33.4 Å². The second-order valence-corrected chi connectivity index (χ2v) is 23.1. The summed E-state index contributed by atoms with van der Waals surface area (Å²) in [7, 11) is 0. The molecule has 0 atom stereocenters. The summed E-state index contributed by atoms with van der Waals surface area (Å²) in [5.41, 5.74) is 26.4. The van der Waals surface area contributed by atoms with E-state index in [9.17, 15) is 0 Å². The summed E-state index contributed by atoms with van der Waals surface area (Å²) in [6, 6.07) is 52.5. The summed E-state index contributed by atoms with van der Waals surface area (Å²) in [5.74, 6) is 0. The third-order valence-corrected chi connectivity index (χ3v) is 15.3. The van der Waals surface area contributed by atoms with E-state index in [0.29, 0.717) is 0 Å². The SMILES string of the molecule is CC(C)(C)c1ccc(N2B3c4cc(C(C)(C)C)ccc4N(c4ccc(C(C)(C)C)cc4)c4c3c(cc3c4C(C)(C)c4ccccc4-3)-c3cc4c(cc32)C(C)(C)c2ccccc2-4)cc1. The molecule has 0 radical (unpaired) electrons. The van der Waals surface area contributed by atoms with Crippen molar-refractivity contribution < 1.29 is 0 Å². The molecule has 0 aromatic heterocycles. The van der Waals surface area contributed by atoms with Gasteiger partial charge in [-0.3, -0.25) is 0 Å². The lowest BCUT2D eigenvalue weighted by Gasteiger charge is -2.48. The first-order chi connectivity index (χ1) is 29.7. The Morgan fingerprint density at radius 2 is 0.921 bits per heavy atom. The molecule has 0 fully saturated rings. The predicted molar refractivity (Wildman–Crippen MR) is 271 cm³/mol. The monoisotopic (exact) mass is 820 g/mol. The van der Waals surface area contributed by atoms with Crippen LogP contribution in [-0.4, -0.2) is 6.85 Å². The van der Waals surface area contributed by atoms with Crippen LogP contribution in [0.4, 0.5) is 28.4 Å². The van der Waals surface area contributed by atoms with Crippen LogP contribution in [0.5, 0.6) is 0 Å². The average Bonchev–Trinajstić information content (AvgIpc) is 3.61. The van der Waals surface area contributed by atoms with Gasteiger partial charge in [-0.25, -0.2) is 0 Å². The van der Waals surface area contributed by atoms with Gasteiger partial charge in [0.15, 0.2) is 0 Å². The first kappa shape index (κ1) is 40.0. The van der Waals surface area contributed by atoms with Crippen LogP contribution in [0.2, 0.25) is 0 Å². The zero-order valence-corrected chi connectivity index (χ0v) is 39.7. The Kier molecular flexibility index (Phi) is 8.20. The van der Waals surface area contributed by atoms with Crippen LogP contribution >= 0.6 is 0 Å². The van der Waals surface area contributed by atoms with E-state index >= 15 is 0 Å². The predicted octanol–water partition coefficient (Wildman–Crippen LogP) is 14.9. The summed E-state index contributed by atoms with van der Waals surface area (Å²) in [4.78, 5) is 5.40. The fraction of sp³-hybridized carbons (Fsp3) is 0.300. The van der Waals surface area contributed by atoms with Crippen molar-refractivity contribution in [2.24, 2.45) is 0 Å². The molecular formula is C60H61BN2. The number of hydrogen-bond acceptors (Lipinski definition) is 2. The van der Waals surface area contributed by atoms with E-state index in [4.69, 9.17) is 0 Å². The lowest BCUT2D eigenvalue weighted by Crippen LogP contribution is -2.62. The van der Waals surface area contributed by atoms with Gasteiger partial charge in [-0.2, -0.15) is 0 Å². The number of hydrogen-bond donors (Lipinski definition) is 0. The molecule has 2 nitrogen and oxygen atoms in total. The molecule has 4 aliphatic rings. The summed E-state index contributed by atoms with van der Waals surface area (Å²) in [6.07, 6.45) is 0. The van der Waals surface area contributed by atoms with Crippen molar-refractivity contribution >= 4 is 46.2 Å². The molecule has 63 heavy (non-hydrogen) atoms. The molecular weight excluding hydrogens is 759 g/mol. The average molecular weight is 821 g/mol. The molecule has 0 unspecified atom stereocenters. The van der Waals surface area contributed by atoms with Crippen LogP contribution in [0.25, 0.3) is 33.4 Å². The minimum Gasteiger partial charge on any atom is -0.376 e. The van der Waals surface area contributed by atoms with Gasteiger partial charge in [0.1, 0.15) is 0 Å². The molecule has 7 aromatic rings. The fourth-order valence-corrected chi connectivity index (χ4v) is 11.7. The Morgan fingerprint density at radius 3 is 1.51 bits per heavy atom. The molecule has 2 heterocycles. The third kappa shape index (κ3) is 5.63. The van der Waals surface area contributed by atoms with E-state index in [0.717, 1.165) is 0 Å². The van der Waals surface area contributed by atoms with Crippen LogP contribution in [0.15, 0.2) is 133 Å². The lowest BCUT2D eigenvalue weighted by molar-refractivity contribution is 0.590. The highest BCUT2D eigenvalue weighted by atomic mass is 15.2. The maximum atomic E-state index is 2.74. The number of anilines is 5. The van der Waals surface area contributed by atoms with Crippen molar-refractivity contribution in [3.63, 3.8) is 0 Å². The Labute approximate surface area is 377 Å². The molecule has 11 rings (SSSR count). The van der Waals surface area contributed by atoms with Crippen LogP contribution in [0, 0.1) is 0 Å². The highest BCUT2D eigenvalue weighted by Gasteiger charge is 2.51. The lowest BCUT2D eigenvalue weighted by atomic mass is 9.42. The third-order valence-electron chi connectivity index (χ3n) is 15.3. The van der Waals surface area contributed by atoms with Gasteiger partial charge < -0.3 is 9.71 Å². The molecule has 3 heteroatoms. The quantitative estimate of drug-likeness (QED) is 0.160. The number of benzene rings is 7. The highest BCUT2D eigenvalue weighted by Crippen LogP contribution is 2.60. The molecule has 0 bridgehead atoms. The molecule has 0 saturated carbocycles. The van der Waals surface area contributed by atoms with Gasteiger partial charge >= 0.3 is 6.85 Å². The second-order valence-electron chi connectivity index (χ2n) is 23.1. The first-order valence-electron chi connectivity index (χ1n) is 23.2. The molecule has 7 aromatic carbocycles. The van der Waals surface area contributed by atoms with Gasteiger partial charge in [-0.15, -0.1) is 0 Å². The highest BCUT2D eigenvalue weighted by molar-refractivity contribution is 6.93. The number of nitrogens with zero attached hydrogens (tertiary/aromatic N) is 2.